The Kier molecular flexibility index (Phi) is 7.72. The molecule has 0 aliphatic heterocycles. The van der Waals surface area contributed by atoms with Crippen LogP contribution in [0.5, 0.6) is 0 Å². The molecule has 4 N–H and O–H groups in total. The lowest BCUT2D eigenvalue weighted by molar-refractivity contribution is -0.0565. The topological polar surface area (TPSA) is 78.3 Å². The maximum absolute atomic E-state index is 12.9. The maximum atomic E-state index is 12.9. The van der Waals surface area contributed by atoms with Gasteiger partial charge in [0.25, 0.3) is 0 Å². The van der Waals surface area contributed by atoms with Gasteiger partial charge in [0.1, 0.15) is 6.10 Å². The summed E-state index contributed by atoms with van der Waals surface area (Å²) >= 11 is 0. The number of benzene rings is 1. The van der Waals surface area contributed by atoms with E-state index in [1.54, 1.807) is 18.2 Å². The molecule has 0 bridgehead atoms. The number of anilines is 2. The molecular formula is C35H52N2O2. The first-order chi connectivity index (χ1) is 18.4. The Hall–Kier alpha value is -2.23. The summed E-state index contributed by atoms with van der Waals surface area (Å²) in [5.41, 5.74) is 15.5. The fraction of sp³-hybridized carbons (Fsp3) is 0.686. The molecule has 9 unspecified atom stereocenters. The van der Waals surface area contributed by atoms with Crippen molar-refractivity contribution in [3.05, 3.63) is 47.6 Å². The second-order valence-corrected chi connectivity index (χ2v) is 14.5. The number of hydrogen-bond acceptors (Lipinski definition) is 4. The molecule has 0 spiro atoms. The van der Waals surface area contributed by atoms with E-state index in [1.807, 2.05) is 0 Å². The average molecular weight is 533 g/mol. The van der Waals surface area contributed by atoms with Crippen LogP contribution in [-0.2, 0) is 4.74 Å². The molecule has 1 aromatic carbocycles. The maximum Gasteiger partial charge on any atom is 0.338 e. The van der Waals surface area contributed by atoms with Gasteiger partial charge in [-0.05, 0) is 115 Å². The van der Waals surface area contributed by atoms with Crippen LogP contribution in [0.4, 0.5) is 11.4 Å². The second-order valence-electron chi connectivity index (χ2n) is 14.5. The van der Waals surface area contributed by atoms with E-state index in [2.05, 4.69) is 59.8 Å². The second kappa shape index (κ2) is 10.6. The van der Waals surface area contributed by atoms with Crippen molar-refractivity contribution in [3.8, 4) is 0 Å². The van der Waals surface area contributed by atoms with E-state index >= 15 is 0 Å². The Labute approximate surface area is 237 Å². The standard InChI is InChI=1S/C35H52N2O2/c1-21(2)22(3)7-8-23(4)30-11-12-31-29-10-9-25-19-28(39-33(38)24-17-26(36)20-27(37)18-24)13-15-34(25,5)32(29)14-16-35(30,31)6/h7-9,17-18,20-23,28-32H,10-16,19,36-37H2,1-6H3/b8-7+. The molecule has 0 amide bonds. The van der Waals surface area contributed by atoms with Gasteiger partial charge in [0.15, 0.2) is 0 Å². The summed E-state index contributed by atoms with van der Waals surface area (Å²) in [6, 6.07) is 4.98. The minimum atomic E-state index is -0.312. The highest BCUT2D eigenvalue weighted by molar-refractivity contribution is 5.91. The zero-order chi connectivity index (χ0) is 28.1. The predicted octanol–water partition coefficient (Wildman–Crippen LogP) is 8.44. The van der Waals surface area contributed by atoms with Gasteiger partial charge in [0, 0.05) is 17.8 Å². The Bertz CT molecular complexity index is 1120. The number of allylic oxidation sites excluding steroid dienone is 3. The lowest BCUT2D eigenvalue weighted by atomic mass is 9.47. The van der Waals surface area contributed by atoms with Crippen LogP contribution in [0, 0.1) is 52.3 Å². The van der Waals surface area contributed by atoms with E-state index in [4.69, 9.17) is 16.2 Å². The summed E-state index contributed by atoms with van der Waals surface area (Å²) in [6.45, 7) is 14.7. The summed E-state index contributed by atoms with van der Waals surface area (Å²) in [6.07, 6.45) is 17.1. The third-order valence-electron chi connectivity index (χ3n) is 12.0. The first kappa shape index (κ1) is 28.3. The summed E-state index contributed by atoms with van der Waals surface area (Å²) in [5.74, 6) is 4.88. The number of nitrogens with two attached hydrogens (primary N) is 2. The SMILES string of the molecule is CC(C)C(C)/C=C/C(C)C1CCC2C3CC=C4CC(OC(=O)c5cc(N)cc(N)c5)CCC4(C)C3CCC12C. The predicted molar refractivity (Wildman–Crippen MR) is 162 cm³/mol. The molecule has 9 atom stereocenters. The third-order valence-corrected chi connectivity index (χ3v) is 12.0. The quantitative estimate of drug-likeness (QED) is 0.219. The molecule has 1 aromatic rings. The largest absolute Gasteiger partial charge is 0.458 e. The molecule has 0 radical (unpaired) electrons. The van der Waals surface area contributed by atoms with Crippen molar-refractivity contribution < 1.29 is 9.53 Å². The number of rotatable bonds is 6. The van der Waals surface area contributed by atoms with Gasteiger partial charge in [-0.2, -0.15) is 0 Å². The zero-order valence-corrected chi connectivity index (χ0v) is 25.2. The van der Waals surface area contributed by atoms with Crippen molar-refractivity contribution in [1.82, 2.24) is 0 Å². The third kappa shape index (κ3) is 5.18. The van der Waals surface area contributed by atoms with E-state index in [9.17, 15) is 4.79 Å². The monoisotopic (exact) mass is 532 g/mol. The smallest absolute Gasteiger partial charge is 0.338 e. The molecule has 39 heavy (non-hydrogen) atoms. The van der Waals surface area contributed by atoms with Crippen molar-refractivity contribution in [2.75, 3.05) is 11.5 Å². The van der Waals surface area contributed by atoms with Crippen molar-refractivity contribution >= 4 is 17.3 Å². The van der Waals surface area contributed by atoms with Crippen molar-refractivity contribution in [1.29, 1.82) is 0 Å². The van der Waals surface area contributed by atoms with E-state index < -0.39 is 0 Å². The first-order valence-electron chi connectivity index (χ1n) is 15.7. The van der Waals surface area contributed by atoms with Crippen LogP contribution in [0.25, 0.3) is 0 Å². The molecule has 4 nitrogen and oxygen atoms in total. The van der Waals surface area contributed by atoms with Gasteiger partial charge in [0.2, 0.25) is 0 Å². The van der Waals surface area contributed by atoms with E-state index in [-0.39, 0.29) is 17.5 Å². The molecule has 0 saturated heterocycles. The first-order valence-corrected chi connectivity index (χ1v) is 15.7. The van der Waals surface area contributed by atoms with Gasteiger partial charge in [-0.15, -0.1) is 0 Å². The number of esters is 1. The van der Waals surface area contributed by atoms with E-state index in [1.165, 1.54) is 37.7 Å². The highest BCUT2D eigenvalue weighted by Gasteiger charge is 2.59. The van der Waals surface area contributed by atoms with E-state index in [0.717, 1.165) is 42.9 Å². The lowest BCUT2D eigenvalue weighted by Crippen LogP contribution is -2.51. The van der Waals surface area contributed by atoms with Crippen LogP contribution < -0.4 is 11.5 Å². The molecule has 3 saturated carbocycles. The van der Waals surface area contributed by atoms with Crippen molar-refractivity contribution in [3.63, 3.8) is 0 Å². The number of hydrogen-bond donors (Lipinski definition) is 2. The average Bonchev–Trinajstić information content (AvgIpc) is 3.24. The molecule has 5 rings (SSSR count). The minimum absolute atomic E-state index is 0.0679. The Balaban J connectivity index is 1.27. The van der Waals surface area contributed by atoms with Gasteiger partial charge in [-0.25, -0.2) is 4.79 Å². The highest BCUT2D eigenvalue weighted by atomic mass is 16.5. The van der Waals surface area contributed by atoms with Crippen LogP contribution in [0.3, 0.4) is 0 Å². The highest BCUT2D eigenvalue weighted by Crippen LogP contribution is 2.67. The van der Waals surface area contributed by atoms with Crippen LogP contribution in [0.2, 0.25) is 0 Å². The molecule has 4 aliphatic carbocycles. The molecule has 0 heterocycles. The zero-order valence-electron chi connectivity index (χ0n) is 25.2. The molecule has 214 valence electrons. The summed E-state index contributed by atoms with van der Waals surface area (Å²) in [4.78, 5) is 12.9. The Morgan fingerprint density at radius 3 is 2.36 bits per heavy atom. The summed E-state index contributed by atoms with van der Waals surface area (Å²) in [7, 11) is 0. The molecule has 3 fully saturated rings. The van der Waals surface area contributed by atoms with Gasteiger partial charge in [-0.3, -0.25) is 0 Å². The fourth-order valence-electron chi connectivity index (χ4n) is 9.35. The fourth-order valence-corrected chi connectivity index (χ4v) is 9.35. The van der Waals surface area contributed by atoms with Gasteiger partial charge in [-0.1, -0.05) is 65.3 Å². The lowest BCUT2D eigenvalue weighted by Gasteiger charge is -2.58. The van der Waals surface area contributed by atoms with Gasteiger partial charge >= 0.3 is 5.97 Å². The van der Waals surface area contributed by atoms with E-state index in [0.29, 0.717) is 40.1 Å². The number of fused-ring (bicyclic) bond motifs is 5. The summed E-state index contributed by atoms with van der Waals surface area (Å²) < 4.78 is 6.00. The Morgan fingerprint density at radius 1 is 0.949 bits per heavy atom. The molecule has 4 heteroatoms. The van der Waals surface area contributed by atoms with Crippen LogP contribution in [-0.4, -0.2) is 12.1 Å². The van der Waals surface area contributed by atoms with Crippen molar-refractivity contribution in [2.24, 2.45) is 52.3 Å². The van der Waals surface area contributed by atoms with Crippen LogP contribution in [0.1, 0.15) is 103 Å². The van der Waals surface area contributed by atoms with Gasteiger partial charge in [0.05, 0.1) is 5.56 Å². The molecular weight excluding hydrogens is 480 g/mol. The Morgan fingerprint density at radius 2 is 1.67 bits per heavy atom. The normalized spacial score (nSPS) is 37.5. The van der Waals surface area contributed by atoms with Gasteiger partial charge < -0.3 is 16.2 Å². The van der Waals surface area contributed by atoms with Crippen LogP contribution in [0.15, 0.2) is 42.0 Å². The number of nitrogen functional groups attached to an aromatic ring is 2. The molecule has 4 aliphatic rings. The minimum Gasteiger partial charge on any atom is -0.458 e. The van der Waals surface area contributed by atoms with Crippen LogP contribution >= 0.6 is 0 Å². The summed E-state index contributed by atoms with van der Waals surface area (Å²) in [5, 5.41) is 0. The molecule has 0 aromatic heterocycles. The number of carbonyl (C=O) groups excluding carboxylic acids is 1. The number of carbonyl (C=O) groups is 1. The number of ether oxygens (including phenoxy) is 1. The van der Waals surface area contributed by atoms with Crippen molar-refractivity contribution in [2.45, 2.75) is 99.0 Å².